The highest BCUT2D eigenvalue weighted by Gasteiger charge is 2.29. The molecule has 1 rings (SSSR count). The Hall–Kier alpha value is -0.170. The van der Waals surface area contributed by atoms with Crippen molar-refractivity contribution in [3.05, 3.63) is 0 Å². The van der Waals surface area contributed by atoms with E-state index in [1.54, 1.807) is 7.05 Å². The molecule has 0 atom stereocenters. The van der Waals surface area contributed by atoms with Gasteiger partial charge in [-0.15, -0.1) is 0 Å². The van der Waals surface area contributed by atoms with Gasteiger partial charge in [0.2, 0.25) is 10.0 Å². The van der Waals surface area contributed by atoms with Gasteiger partial charge in [0.05, 0.1) is 18.5 Å². The van der Waals surface area contributed by atoms with Gasteiger partial charge in [0.1, 0.15) is 0 Å². The topological polar surface area (TPSA) is 72.6 Å². The third kappa shape index (κ3) is 4.91. The molecule has 0 aromatic heterocycles. The van der Waals surface area contributed by atoms with E-state index in [9.17, 15) is 8.42 Å². The number of rotatable bonds is 7. The summed E-state index contributed by atoms with van der Waals surface area (Å²) >= 11 is 0. The molecule has 102 valence electrons. The maximum Gasteiger partial charge on any atom is 0.216 e. The summed E-state index contributed by atoms with van der Waals surface area (Å²) in [6, 6.07) is 0.264. The lowest BCUT2D eigenvalue weighted by molar-refractivity contribution is 0.0906. The maximum atomic E-state index is 11.9. The smallest absolute Gasteiger partial charge is 0.216 e. The molecule has 0 spiro atoms. The average Bonchev–Trinajstić information content (AvgIpc) is 2.14. The van der Waals surface area contributed by atoms with Gasteiger partial charge < -0.3 is 10.5 Å². The summed E-state index contributed by atoms with van der Waals surface area (Å²) in [6.45, 7) is 4.63. The molecule has 1 saturated carbocycles. The molecule has 0 heterocycles. The fraction of sp³-hybridized carbons (Fsp3) is 1.00. The van der Waals surface area contributed by atoms with Crippen molar-refractivity contribution < 1.29 is 13.2 Å². The summed E-state index contributed by atoms with van der Waals surface area (Å²) in [5, 5.41) is 0. The standard InChI is InChI=1S/C11H24N2O3S/c1-9(2)16-4-5-17(14,15)13(3)8-10-6-11(12)7-10/h9-11H,4-8,12H2,1-3H3. The largest absolute Gasteiger partial charge is 0.378 e. The van der Waals surface area contributed by atoms with Gasteiger partial charge in [-0.3, -0.25) is 0 Å². The first-order valence-electron chi connectivity index (χ1n) is 6.12. The molecule has 0 saturated heterocycles. The van der Waals surface area contributed by atoms with Crippen molar-refractivity contribution in [3.63, 3.8) is 0 Å². The van der Waals surface area contributed by atoms with Crippen LogP contribution in [0.1, 0.15) is 26.7 Å². The van der Waals surface area contributed by atoms with Gasteiger partial charge in [0.25, 0.3) is 0 Å². The molecule has 0 unspecified atom stereocenters. The van der Waals surface area contributed by atoms with Crippen LogP contribution in [0.5, 0.6) is 0 Å². The van der Waals surface area contributed by atoms with Crippen molar-refractivity contribution in [1.82, 2.24) is 4.31 Å². The van der Waals surface area contributed by atoms with Crippen LogP contribution in [0.25, 0.3) is 0 Å². The molecule has 2 N–H and O–H groups in total. The van der Waals surface area contributed by atoms with E-state index in [-0.39, 0.29) is 24.5 Å². The SMILES string of the molecule is CC(C)OCCS(=O)(=O)N(C)CC1CC(N)C1. The van der Waals surface area contributed by atoms with E-state index >= 15 is 0 Å². The van der Waals surface area contributed by atoms with Crippen molar-refractivity contribution in [2.45, 2.75) is 38.8 Å². The van der Waals surface area contributed by atoms with Crippen LogP contribution in [0.4, 0.5) is 0 Å². The van der Waals surface area contributed by atoms with Crippen LogP contribution in [0.2, 0.25) is 0 Å². The average molecular weight is 264 g/mol. The molecule has 0 amide bonds. The molecule has 17 heavy (non-hydrogen) atoms. The second kappa shape index (κ2) is 6.13. The monoisotopic (exact) mass is 264 g/mol. The lowest BCUT2D eigenvalue weighted by Crippen LogP contribution is -2.44. The molecule has 0 bridgehead atoms. The predicted molar refractivity (Wildman–Crippen MR) is 68.2 cm³/mol. The van der Waals surface area contributed by atoms with E-state index in [1.165, 1.54) is 4.31 Å². The van der Waals surface area contributed by atoms with E-state index in [4.69, 9.17) is 10.5 Å². The zero-order valence-corrected chi connectivity index (χ0v) is 11.7. The van der Waals surface area contributed by atoms with E-state index in [0.29, 0.717) is 12.5 Å². The first kappa shape index (κ1) is 14.9. The molecule has 1 aliphatic rings. The molecule has 0 aromatic rings. The molecule has 0 radical (unpaired) electrons. The Morgan fingerprint density at radius 1 is 1.41 bits per heavy atom. The van der Waals surface area contributed by atoms with Crippen LogP contribution in [-0.2, 0) is 14.8 Å². The molecule has 1 fully saturated rings. The number of nitrogens with two attached hydrogens (primary N) is 1. The molecule has 0 aliphatic heterocycles. The molecule has 1 aliphatic carbocycles. The molecular formula is C11H24N2O3S. The summed E-state index contributed by atoms with van der Waals surface area (Å²) in [6.07, 6.45) is 1.94. The van der Waals surface area contributed by atoms with Crippen molar-refractivity contribution in [1.29, 1.82) is 0 Å². The van der Waals surface area contributed by atoms with Crippen molar-refractivity contribution in [3.8, 4) is 0 Å². The zero-order valence-electron chi connectivity index (χ0n) is 10.9. The van der Waals surface area contributed by atoms with Crippen molar-refractivity contribution in [2.75, 3.05) is 26.0 Å². The van der Waals surface area contributed by atoms with Crippen molar-refractivity contribution >= 4 is 10.0 Å². The Morgan fingerprint density at radius 2 is 2.00 bits per heavy atom. The number of hydrogen-bond acceptors (Lipinski definition) is 4. The summed E-state index contributed by atoms with van der Waals surface area (Å²) in [5.41, 5.74) is 5.68. The highest BCUT2D eigenvalue weighted by Crippen LogP contribution is 2.26. The first-order valence-corrected chi connectivity index (χ1v) is 7.73. The van der Waals surface area contributed by atoms with Crippen LogP contribution in [0, 0.1) is 5.92 Å². The first-order chi connectivity index (χ1) is 7.81. The van der Waals surface area contributed by atoms with Gasteiger partial charge in [0.15, 0.2) is 0 Å². The molecule has 5 nitrogen and oxygen atoms in total. The third-order valence-corrected chi connectivity index (χ3v) is 4.84. The summed E-state index contributed by atoms with van der Waals surface area (Å²) in [4.78, 5) is 0. The molecule has 6 heteroatoms. The normalized spacial score (nSPS) is 25.3. The Kier molecular flexibility index (Phi) is 5.37. The quantitative estimate of drug-likeness (QED) is 0.723. The maximum absolute atomic E-state index is 11.9. The zero-order chi connectivity index (χ0) is 13.1. The minimum atomic E-state index is -3.18. The van der Waals surface area contributed by atoms with Gasteiger partial charge in [0, 0.05) is 19.6 Å². The minimum absolute atomic E-state index is 0.0560. The van der Waals surface area contributed by atoms with Crippen LogP contribution < -0.4 is 5.73 Å². The summed E-state index contributed by atoms with van der Waals surface area (Å²) < 4.78 is 30.5. The van der Waals surface area contributed by atoms with Crippen LogP contribution in [-0.4, -0.2) is 50.8 Å². The lowest BCUT2D eigenvalue weighted by atomic mass is 9.81. The van der Waals surface area contributed by atoms with E-state index in [2.05, 4.69) is 0 Å². The van der Waals surface area contributed by atoms with E-state index < -0.39 is 10.0 Å². The van der Waals surface area contributed by atoms with E-state index in [0.717, 1.165) is 12.8 Å². The third-order valence-electron chi connectivity index (χ3n) is 3.05. The molecular weight excluding hydrogens is 240 g/mol. The Balaban J connectivity index is 2.30. The van der Waals surface area contributed by atoms with Gasteiger partial charge in [-0.1, -0.05) is 0 Å². The van der Waals surface area contributed by atoms with Crippen LogP contribution in [0.15, 0.2) is 0 Å². The Labute approximate surface area is 104 Å². The molecule has 0 aromatic carbocycles. The second-order valence-electron chi connectivity index (χ2n) is 5.11. The highest BCUT2D eigenvalue weighted by molar-refractivity contribution is 7.89. The summed E-state index contributed by atoms with van der Waals surface area (Å²) in [5.74, 6) is 0.483. The van der Waals surface area contributed by atoms with Gasteiger partial charge in [-0.2, -0.15) is 0 Å². The summed E-state index contributed by atoms with van der Waals surface area (Å²) in [7, 11) is -1.54. The Morgan fingerprint density at radius 3 is 2.47 bits per heavy atom. The van der Waals surface area contributed by atoms with Gasteiger partial charge in [-0.25, -0.2) is 12.7 Å². The number of nitrogens with zero attached hydrogens (tertiary/aromatic N) is 1. The highest BCUT2D eigenvalue weighted by atomic mass is 32.2. The van der Waals surface area contributed by atoms with Gasteiger partial charge in [-0.05, 0) is 32.6 Å². The number of hydrogen-bond donors (Lipinski definition) is 1. The number of sulfonamides is 1. The van der Waals surface area contributed by atoms with Gasteiger partial charge >= 0.3 is 0 Å². The van der Waals surface area contributed by atoms with Crippen molar-refractivity contribution in [2.24, 2.45) is 11.7 Å². The Bertz CT molecular complexity index is 324. The minimum Gasteiger partial charge on any atom is -0.378 e. The van der Waals surface area contributed by atoms with Crippen LogP contribution >= 0.6 is 0 Å². The predicted octanol–water partition coefficient (Wildman–Crippen LogP) is 0.410. The second-order valence-corrected chi connectivity index (χ2v) is 7.31. The fourth-order valence-corrected chi connectivity index (χ4v) is 3.01. The number of ether oxygens (including phenoxy) is 1. The fourth-order valence-electron chi connectivity index (χ4n) is 1.96. The van der Waals surface area contributed by atoms with Crippen LogP contribution in [0.3, 0.4) is 0 Å². The van der Waals surface area contributed by atoms with E-state index in [1.807, 2.05) is 13.8 Å². The lowest BCUT2D eigenvalue weighted by Gasteiger charge is -2.34.